The van der Waals surface area contributed by atoms with Crippen LogP contribution in [0.5, 0.6) is 5.75 Å². The zero-order valence-corrected chi connectivity index (χ0v) is 17.4. The molecule has 1 amide bonds. The molecule has 1 N–H and O–H groups in total. The largest absolute Gasteiger partial charge is 0.488 e. The number of fused-ring (bicyclic) bond motifs is 1. The van der Waals surface area contributed by atoms with Crippen molar-refractivity contribution in [3.8, 4) is 5.75 Å². The van der Waals surface area contributed by atoms with Crippen LogP contribution in [-0.2, 0) is 11.4 Å². The van der Waals surface area contributed by atoms with Crippen molar-refractivity contribution in [2.75, 3.05) is 0 Å². The number of carbonyl (C=O) groups excluding carboxylic acids is 1. The number of aryl methyl sites for hydroxylation is 1. The quantitative estimate of drug-likeness (QED) is 0.652. The molecule has 0 saturated heterocycles. The van der Waals surface area contributed by atoms with Gasteiger partial charge in [-0.1, -0.05) is 47.7 Å². The van der Waals surface area contributed by atoms with Gasteiger partial charge in [-0.3, -0.25) is 15.1 Å². The highest BCUT2D eigenvalue weighted by Gasteiger charge is 2.30. The Labute approximate surface area is 175 Å². The summed E-state index contributed by atoms with van der Waals surface area (Å²) in [4.78, 5) is 17.9. The zero-order chi connectivity index (χ0) is 19.7. The highest BCUT2D eigenvalue weighted by atomic mass is 79.9. The normalized spacial score (nSPS) is 17.1. The number of rotatable bonds is 4. The van der Waals surface area contributed by atoms with Crippen LogP contribution in [0.25, 0.3) is 6.08 Å². The highest BCUT2D eigenvalue weighted by molar-refractivity contribution is 9.10. The molecule has 140 valence electrons. The lowest BCUT2D eigenvalue weighted by atomic mass is 10.1. The molecular weight excluding hydrogens is 438 g/mol. The van der Waals surface area contributed by atoms with E-state index in [1.807, 2.05) is 30.3 Å². The van der Waals surface area contributed by atoms with Crippen LogP contribution in [-0.4, -0.2) is 21.8 Å². The summed E-state index contributed by atoms with van der Waals surface area (Å²) in [5.41, 5.74) is 3.35. The third-order valence-corrected chi connectivity index (χ3v) is 5.67. The van der Waals surface area contributed by atoms with Gasteiger partial charge in [0, 0.05) is 6.20 Å². The van der Waals surface area contributed by atoms with Gasteiger partial charge in [0.15, 0.2) is 5.17 Å². The fourth-order valence-corrected chi connectivity index (χ4v) is 3.98. The average molecular weight is 454 g/mol. The van der Waals surface area contributed by atoms with E-state index in [1.54, 1.807) is 22.6 Å². The van der Waals surface area contributed by atoms with Gasteiger partial charge in [0.05, 0.1) is 10.0 Å². The minimum atomic E-state index is -0.400. The monoisotopic (exact) mass is 453 g/mol. The molecule has 7 heteroatoms. The molecule has 0 unspecified atom stereocenters. The maximum Gasteiger partial charge on any atom is 0.283 e. The first-order valence-corrected chi connectivity index (χ1v) is 10.2. The molecule has 2 aromatic carbocycles. The lowest BCUT2D eigenvalue weighted by Gasteiger charge is -2.22. The van der Waals surface area contributed by atoms with Crippen LogP contribution in [0, 0.1) is 12.3 Å². The third kappa shape index (κ3) is 3.81. The molecule has 2 aliphatic rings. The number of halogens is 1. The first-order valence-electron chi connectivity index (χ1n) is 8.55. The van der Waals surface area contributed by atoms with E-state index in [0.717, 1.165) is 15.6 Å². The van der Waals surface area contributed by atoms with Crippen LogP contribution in [0.1, 0.15) is 16.7 Å². The number of amidine groups is 2. The number of nitrogens with zero attached hydrogens (tertiary/aromatic N) is 2. The van der Waals surface area contributed by atoms with Crippen LogP contribution >= 0.6 is 27.7 Å². The number of amides is 1. The predicted molar refractivity (Wildman–Crippen MR) is 116 cm³/mol. The summed E-state index contributed by atoms with van der Waals surface area (Å²) < 4.78 is 6.67. The average Bonchev–Trinajstić information content (AvgIpc) is 3.14. The molecule has 0 bridgehead atoms. The van der Waals surface area contributed by atoms with E-state index in [2.05, 4.69) is 40.0 Å². The first kappa shape index (κ1) is 18.7. The van der Waals surface area contributed by atoms with Gasteiger partial charge < -0.3 is 4.74 Å². The van der Waals surface area contributed by atoms with Gasteiger partial charge in [0.2, 0.25) is 0 Å². The second-order valence-electron chi connectivity index (χ2n) is 6.34. The number of thioether (sulfide) groups is 1. The minimum Gasteiger partial charge on any atom is -0.488 e. The smallest absolute Gasteiger partial charge is 0.283 e. The number of nitrogens with one attached hydrogen (secondary N) is 1. The number of carbonyl (C=O) groups is 1. The van der Waals surface area contributed by atoms with Crippen molar-refractivity contribution in [2.45, 2.75) is 13.5 Å². The summed E-state index contributed by atoms with van der Waals surface area (Å²) in [5.74, 6) is 0.447. The number of benzene rings is 2. The SMILES string of the molecule is Cc1ccc(COc2ccc(C=C3C(=N)N4C=CSC4=NC3=O)cc2Br)cc1. The molecule has 2 aromatic rings. The second-order valence-corrected chi connectivity index (χ2v) is 8.07. The molecule has 28 heavy (non-hydrogen) atoms. The standard InChI is InChI=1S/C21H16BrN3O2S/c1-13-2-4-14(5-3-13)12-27-18-7-6-15(11-17(18)22)10-16-19(23)25-8-9-28-21(25)24-20(16)26/h2-11,23H,12H2,1H3. The molecule has 0 aromatic heterocycles. The molecule has 4 rings (SSSR count). The van der Waals surface area contributed by atoms with Gasteiger partial charge in [-0.15, -0.1) is 0 Å². The van der Waals surface area contributed by atoms with Crippen molar-refractivity contribution in [3.63, 3.8) is 0 Å². The van der Waals surface area contributed by atoms with Gasteiger partial charge in [0.25, 0.3) is 5.91 Å². The van der Waals surface area contributed by atoms with Crippen molar-refractivity contribution in [1.82, 2.24) is 4.90 Å². The number of hydrogen-bond acceptors (Lipinski definition) is 4. The van der Waals surface area contributed by atoms with Gasteiger partial charge in [-0.2, -0.15) is 4.99 Å². The van der Waals surface area contributed by atoms with Crippen LogP contribution in [0.4, 0.5) is 0 Å². The van der Waals surface area contributed by atoms with Gasteiger partial charge in [0.1, 0.15) is 18.2 Å². The molecule has 2 aliphatic heterocycles. The molecule has 0 radical (unpaired) electrons. The molecule has 0 aliphatic carbocycles. The van der Waals surface area contributed by atoms with E-state index in [9.17, 15) is 4.79 Å². The third-order valence-electron chi connectivity index (χ3n) is 4.29. The number of ether oxygens (including phenoxy) is 1. The van der Waals surface area contributed by atoms with Crippen LogP contribution in [0.3, 0.4) is 0 Å². The van der Waals surface area contributed by atoms with E-state index < -0.39 is 5.91 Å². The molecule has 5 nitrogen and oxygen atoms in total. The Bertz CT molecular complexity index is 1060. The van der Waals surface area contributed by atoms with E-state index in [-0.39, 0.29) is 11.4 Å². The summed E-state index contributed by atoms with van der Waals surface area (Å²) in [7, 11) is 0. The Kier molecular flexibility index (Phi) is 5.19. The van der Waals surface area contributed by atoms with Crippen molar-refractivity contribution < 1.29 is 9.53 Å². The Hall–Kier alpha value is -2.64. The van der Waals surface area contributed by atoms with E-state index >= 15 is 0 Å². The molecule has 0 atom stereocenters. The van der Waals surface area contributed by atoms with E-state index in [4.69, 9.17) is 10.1 Å². The molecular formula is C21H16BrN3O2S. The minimum absolute atomic E-state index is 0.132. The summed E-state index contributed by atoms with van der Waals surface area (Å²) in [6.07, 6.45) is 3.42. The summed E-state index contributed by atoms with van der Waals surface area (Å²) in [5, 5.41) is 10.6. The Balaban J connectivity index is 1.52. The van der Waals surface area contributed by atoms with Crippen LogP contribution < -0.4 is 4.74 Å². The number of aliphatic imine (C=N–C) groups is 1. The number of hydrogen-bond donors (Lipinski definition) is 1. The van der Waals surface area contributed by atoms with E-state index in [0.29, 0.717) is 17.5 Å². The zero-order valence-electron chi connectivity index (χ0n) is 15.0. The molecule has 0 fully saturated rings. The fourth-order valence-electron chi connectivity index (χ4n) is 2.77. The lowest BCUT2D eigenvalue weighted by molar-refractivity contribution is -0.114. The fraction of sp³-hybridized carbons (Fsp3) is 0.0952. The Morgan fingerprint density at radius 2 is 2.04 bits per heavy atom. The topological polar surface area (TPSA) is 65.8 Å². The van der Waals surface area contributed by atoms with Crippen LogP contribution in [0.15, 0.2) is 69.1 Å². The molecule has 0 spiro atoms. The molecule has 2 heterocycles. The summed E-state index contributed by atoms with van der Waals surface area (Å²) >= 11 is 4.86. The lowest BCUT2D eigenvalue weighted by Crippen LogP contribution is -2.35. The second kappa shape index (κ2) is 7.77. The van der Waals surface area contributed by atoms with Crippen molar-refractivity contribution in [3.05, 3.63) is 80.8 Å². The van der Waals surface area contributed by atoms with Crippen molar-refractivity contribution in [1.29, 1.82) is 5.41 Å². The van der Waals surface area contributed by atoms with Crippen LogP contribution in [0.2, 0.25) is 0 Å². The van der Waals surface area contributed by atoms with Gasteiger partial charge >= 0.3 is 0 Å². The van der Waals surface area contributed by atoms with Crippen molar-refractivity contribution in [2.24, 2.45) is 4.99 Å². The van der Waals surface area contributed by atoms with Crippen molar-refractivity contribution >= 4 is 50.7 Å². The highest BCUT2D eigenvalue weighted by Crippen LogP contribution is 2.30. The van der Waals surface area contributed by atoms with Gasteiger partial charge in [-0.05, 0) is 57.6 Å². The Morgan fingerprint density at radius 1 is 1.25 bits per heavy atom. The predicted octanol–water partition coefficient (Wildman–Crippen LogP) is 5.11. The Morgan fingerprint density at radius 3 is 2.79 bits per heavy atom. The first-order chi connectivity index (χ1) is 13.5. The van der Waals surface area contributed by atoms with Gasteiger partial charge in [-0.25, -0.2) is 0 Å². The van der Waals surface area contributed by atoms with E-state index in [1.165, 1.54) is 17.3 Å². The maximum atomic E-state index is 12.3. The summed E-state index contributed by atoms with van der Waals surface area (Å²) in [6.45, 7) is 2.52. The molecule has 0 saturated carbocycles. The summed E-state index contributed by atoms with van der Waals surface area (Å²) in [6, 6.07) is 13.8. The maximum absolute atomic E-state index is 12.3.